The molecule has 0 aromatic heterocycles. The van der Waals surface area contributed by atoms with Gasteiger partial charge in [0.25, 0.3) is 0 Å². The fraction of sp³-hybridized carbons (Fsp3) is 0.435. The van der Waals surface area contributed by atoms with Crippen molar-refractivity contribution in [3.05, 3.63) is 65.7 Å². The molecule has 1 amide bonds. The first-order chi connectivity index (χ1) is 13.9. The minimum Gasteiger partial charge on any atom is -0.352 e. The minimum absolute atomic E-state index is 0.144. The number of sulfonamides is 1. The van der Waals surface area contributed by atoms with Crippen LogP contribution in [0.2, 0.25) is 0 Å². The molecular formula is C23H30N2O3S. The van der Waals surface area contributed by atoms with E-state index < -0.39 is 10.0 Å². The third-order valence-electron chi connectivity index (χ3n) is 5.40. The predicted octanol–water partition coefficient (Wildman–Crippen LogP) is 4.02. The second kappa shape index (κ2) is 10.0. The number of benzene rings is 2. The Morgan fingerprint density at radius 2 is 1.59 bits per heavy atom. The highest BCUT2D eigenvalue weighted by molar-refractivity contribution is 7.89. The summed E-state index contributed by atoms with van der Waals surface area (Å²) in [6.45, 7) is 1.97. The number of hydrogen-bond acceptors (Lipinski definition) is 3. The molecule has 0 heterocycles. The Morgan fingerprint density at radius 3 is 2.21 bits per heavy atom. The van der Waals surface area contributed by atoms with Crippen LogP contribution < -0.4 is 5.32 Å². The van der Waals surface area contributed by atoms with Crippen LogP contribution in [-0.4, -0.2) is 31.2 Å². The molecule has 29 heavy (non-hydrogen) atoms. The van der Waals surface area contributed by atoms with Crippen LogP contribution in [0.25, 0.3) is 0 Å². The van der Waals surface area contributed by atoms with E-state index in [1.165, 1.54) is 17.1 Å². The van der Waals surface area contributed by atoms with Gasteiger partial charge in [-0.15, -0.1) is 0 Å². The maximum Gasteiger partial charge on any atom is 0.243 e. The van der Waals surface area contributed by atoms with Gasteiger partial charge in [0, 0.05) is 12.6 Å². The fourth-order valence-electron chi connectivity index (χ4n) is 3.72. The Balaban J connectivity index is 1.78. The number of amides is 1. The molecule has 5 nitrogen and oxygen atoms in total. The largest absolute Gasteiger partial charge is 0.352 e. The van der Waals surface area contributed by atoms with Crippen molar-refractivity contribution in [2.75, 3.05) is 6.54 Å². The molecule has 1 aliphatic carbocycles. The first-order valence-electron chi connectivity index (χ1n) is 10.4. The van der Waals surface area contributed by atoms with Crippen LogP contribution in [-0.2, 0) is 21.4 Å². The van der Waals surface area contributed by atoms with Gasteiger partial charge in [0.2, 0.25) is 15.9 Å². The highest BCUT2D eigenvalue weighted by Crippen LogP contribution is 2.20. The first kappa shape index (κ1) is 21.5. The van der Waals surface area contributed by atoms with E-state index in [1.54, 1.807) is 30.3 Å². The molecule has 0 spiro atoms. The highest BCUT2D eigenvalue weighted by atomic mass is 32.2. The summed E-state index contributed by atoms with van der Waals surface area (Å²) >= 11 is 0. The van der Waals surface area contributed by atoms with Gasteiger partial charge >= 0.3 is 0 Å². The van der Waals surface area contributed by atoms with Gasteiger partial charge in [-0.1, -0.05) is 73.7 Å². The van der Waals surface area contributed by atoms with Crippen LogP contribution in [0.15, 0.2) is 59.5 Å². The molecule has 1 aliphatic rings. The van der Waals surface area contributed by atoms with Crippen molar-refractivity contribution in [3.63, 3.8) is 0 Å². The summed E-state index contributed by atoms with van der Waals surface area (Å²) in [4.78, 5) is 12.9. The molecule has 0 bridgehead atoms. The topological polar surface area (TPSA) is 66.5 Å². The normalized spacial score (nSPS) is 15.8. The van der Waals surface area contributed by atoms with Crippen LogP contribution in [0, 0.1) is 6.92 Å². The van der Waals surface area contributed by atoms with Crippen LogP contribution >= 0.6 is 0 Å². The van der Waals surface area contributed by atoms with E-state index in [2.05, 4.69) is 5.32 Å². The van der Waals surface area contributed by atoms with E-state index in [0.717, 1.165) is 36.8 Å². The molecule has 1 fully saturated rings. The summed E-state index contributed by atoms with van der Waals surface area (Å²) in [5.41, 5.74) is 1.97. The number of rotatable bonds is 7. The average molecular weight is 415 g/mol. The van der Waals surface area contributed by atoms with E-state index in [1.807, 2.05) is 31.2 Å². The van der Waals surface area contributed by atoms with Gasteiger partial charge in [-0.25, -0.2) is 8.42 Å². The van der Waals surface area contributed by atoms with Gasteiger partial charge in [-0.3, -0.25) is 4.79 Å². The Kier molecular flexibility index (Phi) is 7.45. The number of aryl methyl sites for hydroxylation is 1. The van der Waals surface area contributed by atoms with Crippen LogP contribution in [0.5, 0.6) is 0 Å². The number of nitrogens with zero attached hydrogens (tertiary/aromatic N) is 1. The van der Waals surface area contributed by atoms with Crippen molar-refractivity contribution in [2.24, 2.45) is 0 Å². The number of nitrogens with one attached hydrogen (secondary N) is 1. The van der Waals surface area contributed by atoms with Crippen LogP contribution in [0.4, 0.5) is 0 Å². The molecule has 156 valence electrons. The highest BCUT2D eigenvalue weighted by Gasteiger charge is 2.27. The molecule has 0 aliphatic heterocycles. The van der Waals surface area contributed by atoms with Gasteiger partial charge in [0.15, 0.2) is 0 Å². The zero-order valence-electron chi connectivity index (χ0n) is 17.0. The van der Waals surface area contributed by atoms with Gasteiger partial charge in [0.1, 0.15) is 0 Å². The summed E-state index contributed by atoms with van der Waals surface area (Å²) in [5, 5.41) is 3.06. The summed E-state index contributed by atoms with van der Waals surface area (Å²) in [6, 6.07) is 16.2. The molecule has 2 aromatic carbocycles. The molecule has 0 atom stereocenters. The Morgan fingerprint density at radius 1 is 0.966 bits per heavy atom. The number of carbonyl (C=O) groups is 1. The van der Waals surface area contributed by atoms with E-state index in [0.29, 0.717) is 0 Å². The lowest BCUT2D eigenvalue weighted by atomic mass is 10.1. The molecule has 6 heteroatoms. The maximum absolute atomic E-state index is 13.2. The lowest BCUT2D eigenvalue weighted by molar-refractivity contribution is -0.122. The summed E-state index contributed by atoms with van der Waals surface area (Å²) in [6.07, 6.45) is 6.56. The summed E-state index contributed by atoms with van der Waals surface area (Å²) in [5.74, 6) is -0.233. The summed E-state index contributed by atoms with van der Waals surface area (Å²) in [7, 11) is -3.78. The van der Waals surface area contributed by atoms with Gasteiger partial charge in [0.05, 0.1) is 11.4 Å². The smallest absolute Gasteiger partial charge is 0.243 e. The van der Waals surface area contributed by atoms with E-state index in [-0.39, 0.29) is 29.9 Å². The van der Waals surface area contributed by atoms with E-state index in [4.69, 9.17) is 0 Å². The van der Waals surface area contributed by atoms with E-state index >= 15 is 0 Å². The van der Waals surface area contributed by atoms with Gasteiger partial charge < -0.3 is 5.32 Å². The van der Waals surface area contributed by atoms with Gasteiger partial charge in [-0.2, -0.15) is 4.31 Å². The van der Waals surface area contributed by atoms with Crippen molar-refractivity contribution in [1.29, 1.82) is 0 Å². The lowest BCUT2D eigenvalue weighted by Gasteiger charge is -2.24. The molecule has 0 saturated heterocycles. The van der Waals surface area contributed by atoms with Crippen LogP contribution in [0.1, 0.15) is 49.7 Å². The SMILES string of the molecule is Cc1ccc(CN(CC(=O)NC2CCCCCC2)S(=O)(=O)c2ccccc2)cc1. The van der Waals surface area contributed by atoms with Crippen molar-refractivity contribution >= 4 is 15.9 Å². The monoisotopic (exact) mass is 414 g/mol. The standard InChI is InChI=1S/C23H30N2O3S/c1-19-13-15-20(16-14-19)17-25(29(27,28)22-11-7-4-8-12-22)18-23(26)24-21-9-5-2-3-6-10-21/h4,7-8,11-16,21H,2-3,5-6,9-10,17-18H2,1H3,(H,24,26). The quantitative estimate of drug-likeness (QED) is 0.696. The fourth-order valence-corrected chi connectivity index (χ4v) is 5.13. The maximum atomic E-state index is 13.2. The minimum atomic E-state index is -3.78. The Hall–Kier alpha value is -2.18. The third kappa shape index (κ3) is 6.15. The lowest BCUT2D eigenvalue weighted by Crippen LogP contribution is -2.43. The second-order valence-corrected chi connectivity index (χ2v) is 9.77. The Labute approximate surface area is 174 Å². The zero-order valence-corrected chi connectivity index (χ0v) is 17.8. The molecule has 3 rings (SSSR count). The number of carbonyl (C=O) groups excluding carboxylic acids is 1. The Bertz CT molecular complexity index is 887. The number of hydrogen-bond donors (Lipinski definition) is 1. The van der Waals surface area contributed by atoms with Crippen molar-refractivity contribution in [2.45, 2.75) is 62.9 Å². The van der Waals surface area contributed by atoms with Crippen molar-refractivity contribution in [1.82, 2.24) is 9.62 Å². The van der Waals surface area contributed by atoms with Crippen molar-refractivity contribution < 1.29 is 13.2 Å². The second-order valence-electron chi connectivity index (χ2n) is 7.83. The third-order valence-corrected chi connectivity index (χ3v) is 7.21. The average Bonchev–Trinajstić information content (AvgIpc) is 2.98. The summed E-state index contributed by atoms with van der Waals surface area (Å²) < 4.78 is 27.7. The first-order valence-corrected chi connectivity index (χ1v) is 11.8. The zero-order chi connectivity index (χ0) is 20.7. The van der Waals surface area contributed by atoms with Crippen LogP contribution in [0.3, 0.4) is 0 Å². The molecule has 0 unspecified atom stereocenters. The molecule has 2 aromatic rings. The molecule has 0 radical (unpaired) electrons. The van der Waals surface area contributed by atoms with Gasteiger partial charge in [-0.05, 0) is 37.5 Å². The van der Waals surface area contributed by atoms with E-state index in [9.17, 15) is 13.2 Å². The molecule has 1 saturated carbocycles. The van der Waals surface area contributed by atoms with Crippen molar-refractivity contribution in [3.8, 4) is 0 Å². The predicted molar refractivity (Wildman–Crippen MR) is 115 cm³/mol. The molecule has 1 N–H and O–H groups in total. The molecular weight excluding hydrogens is 384 g/mol.